The summed E-state index contributed by atoms with van der Waals surface area (Å²) in [7, 11) is 0. The van der Waals surface area contributed by atoms with Crippen molar-refractivity contribution in [3.05, 3.63) is 59.7 Å². The molecule has 0 unspecified atom stereocenters. The molecule has 198 valence electrons. The fourth-order valence-electron chi connectivity index (χ4n) is 5.75. The van der Waals surface area contributed by atoms with E-state index in [1.54, 1.807) is 0 Å². The van der Waals surface area contributed by atoms with Crippen molar-refractivity contribution in [1.29, 1.82) is 0 Å². The summed E-state index contributed by atoms with van der Waals surface area (Å²) >= 11 is 0. The van der Waals surface area contributed by atoms with Gasteiger partial charge in [-0.15, -0.1) is 0 Å². The maximum Gasteiger partial charge on any atom is 0.0205 e. The summed E-state index contributed by atoms with van der Waals surface area (Å²) in [5, 5.41) is 14.7. The molecule has 0 aliphatic heterocycles. The van der Waals surface area contributed by atoms with Crippen molar-refractivity contribution in [3.63, 3.8) is 0 Å². The van der Waals surface area contributed by atoms with Crippen LogP contribution in [0.5, 0.6) is 0 Å². The molecule has 36 heavy (non-hydrogen) atoms. The highest BCUT2D eigenvalue weighted by molar-refractivity contribution is 5.63. The Balaban J connectivity index is 1.06. The van der Waals surface area contributed by atoms with Crippen LogP contribution in [0.2, 0.25) is 0 Å². The molecule has 4 rings (SSSR count). The van der Waals surface area contributed by atoms with Gasteiger partial charge in [0, 0.05) is 25.2 Å². The normalized spacial score (nSPS) is 17.4. The van der Waals surface area contributed by atoms with Gasteiger partial charge in [0.15, 0.2) is 0 Å². The first-order valence-electron chi connectivity index (χ1n) is 14.9. The fraction of sp³-hybridized carbons (Fsp3) is 0.625. The van der Waals surface area contributed by atoms with Crippen molar-refractivity contribution in [2.24, 2.45) is 0 Å². The minimum absolute atomic E-state index is 0.773. The largest absolute Gasteiger partial charge is 0.314 e. The second kappa shape index (κ2) is 16.2. The number of nitrogens with one attached hydrogen (secondary N) is 4. The van der Waals surface area contributed by atoms with Crippen LogP contribution in [0, 0.1) is 0 Å². The van der Waals surface area contributed by atoms with Gasteiger partial charge >= 0.3 is 0 Å². The van der Waals surface area contributed by atoms with Crippen LogP contribution in [0.25, 0.3) is 11.1 Å². The number of rotatable bonds is 15. The van der Waals surface area contributed by atoms with E-state index >= 15 is 0 Å². The van der Waals surface area contributed by atoms with Gasteiger partial charge in [0.2, 0.25) is 0 Å². The molecule has 0 bridgehead atoms. The zero-order valence-corrected chi connectivity index (χ0v) is 22.5. The molecule has 0 radical (unpaired) electrons. The first-order chi connectivity index (χ1) is 17.9. The lowest BCUT2D eigenvalue weighted by molar-refractivity contribution is 0.371. The first kappa shape index (κ1) is 27.3. The second-order valence-corrected chi connectivity index (χ2v) is 11.0. The van der Waals surface area contributed by atoms with E-state index in [-0.39, 0.29) is 0 Å². The molecule has 2 aromatic carbocycles. The highest BCUT2D eigenvalue weighted by Gasteiger charge is 2.12. The monoisotopic (exact) mass is 490 g/mol. The van der Waals surface area contributed by atoms with Crippen LogP contribution in [-0.4, -0.2) is 38.3 Å². The van der Waals surface area contributed by atoms with Gasteiger partial charge in [-0.1, -0.05) is 87.1 Å². The van der Waals surface area contributed by atoms with Gasteiger partial charge in [-0.2, -0.15) is 0 Å². The van der Waals surface area contributed by atoms with Gasteiger partial charge in [0.05, 0.1) is 0 Å². The van der Waals surface area contributed by atoms with E-state index in [9.17, 15) is 0 Å². The zero-order valence-electron chi connectivity index (χ0n) is 22.5. The molecule has 4 N–H and O–H groups in total. The van der Waals surface area contributed by atoms with E-state index < -0.39 is 0 Å². The number of benzene rings is 2. The molecule has 0 atom stereocenters. The Morgan fingerprint density at radius 3 is 1.25 bits per heavy atom. The molecule has 0 saturated heterocycles. The second-order valence-electron chi connectivity index (χ2n) is 11.0. The first-order valence-corrected chi connectivity index (χ1v) is 14.9. The molecule has 2 fully saturated rings. The SMILES string of the molecule is c1cc(-c2ccc(CNCCCNC3CCCCC3)cc2)ccc1CNCCCNC1CCCCC1. The van der Waals surface area contributed by atoms with Crippen LogP contribution in [0.15, 0.2) is 48.5 Å². The Hall–Kier alpha value is -1.72. The molecule has 0 spiro atoms. The molecule has 2 aliphatic rings. The van der Waals surface area contributed by atoms with Crippen LogP contribution in [0.1, 0.15) is 88.2 Å². The Morgan fingerprint density at radius 1 is 0.472 bits per heavy atom. The lowest BCUT2D eigenvalue weighted by Crippen LogP contribution is -2.33. The van der Waals surface area contributed by atoms with Crippen molar-refractivity contribution in [1.82, 2.24) is 21.3 Å². The maximum atomic E-state index is 3.73. The molecule has 0 amide bonds. The van der Waals surface area contributed by atoms with E-state index in [1.165, 1.54) is 99.3 Å². The van der Waals surface area contributed by atoms with Gasteiger partial charge in [0.25, 0.3) is 0 Å². The van der Waals surface area contributed by atoms with Gasteiger partial charge < -0.3 is 21.3 Å². The maximum absolute atomic E-state index is 3.73. The van der Waals surface area contributed by atoms with Crippen LogP contribution >= 0.6 is 0 Å². The molecule has 2 aliphatic carbocycles. The van der Waals surface area contributed by atoms with Crippen molar-refractivity contribution in [2.75, 3.05) is 26.2 Å². The number of hydrogen-bond acceptors (Lipinski definition) is 4. The minimum Gasteiger partial charge on any atom is -0.314 e. The summed E-state index contributed by atoms with van der Waals surface area (Å²) < 4.78 is 0. The highest BCUT2D eigenvalue weighted by atomic mass is 14.9. The Morgan fingerprint density at radius 2 is 0.861 bits per heavy atom. The number of hydrogen-bond donors (Lipinski definition) is 4. The summed E-state index contributed by atoms with van der Waals surface area (Å²) in [5.41, 5.74) is 5.31. The Labute approximate surface area is 220 Å². The quantitative estimate of drug-likeness (QED) is 0.226. The highest BCUT2D eigenvalue weighted by Crippen LogP contribution is 2.21. The molecule has 0 aromatic heterocycles. The topological polar surface area (TPSA) is 48.1 Å². The summed E-state index contributed by atoms with van der Waals surface area (Å²) in [6.45, 7) is 6.33. The molecule has 2 aromatic rings. The molecule has 4 nitrogen and oxygen atoms in total. The fourth-order valence-corrected chi connectivity index (χ4v) is 5.75. The van der Waals surface area contributed by atoms with Crippen molar-refractivity contribution in [3.8, 4) is 11.1 Å². The average molecular weight is 491 g/mol. The van der Waals surface area contributed by atoms with E-state index in [0.717, 1.165) is 51.4 Å². The van der Waals surface area contributed by atoms with E-state index in [4.69, 9.17) is 0 Å². The predicted octanol–water partition coefficient (Wildman–Crippen LogP) is 6.16. The lowest BCUT2D eigenvalue weighted by atomic mass is 9.95. The predicted molar refractivity (Wildman–Crippen MR) is 154 cm³/mol. The van der Waals surface area contributed by atoms with E-state index in [1.807, 2.05) is 0 Å². The van der Waals surface area contributed by atoms with Crippen LogP contribution in [0.3, 0.4) is 0 Å². The van der Waals surface area contributed by atoms with Gasteiger partial charge in [0.1, 0.15) is 0 Å². The smallest absolute Gasteiger partial charge is 0.0205 e. The molecule has 0 heterocycles. The van der Waals surface area contributed by atoms with Gasteiger partial charge in [-0.05, 0) is 87.0 Å². The average Bonchev–Trinajstić information content (AvgIpc) is 2.94. The Kier molecular flexibility index (Phi) is 12.3. The summed E-state index contributed by atoms with van der Waals surface area (Å²) in [5.74, 6) is 0. The lowest BCUT2D eigenvalue weighted by Gasteiger charge is -2.22. The minimum atomic E-state index is 0.773. The van der Waals surface area contributed by atoms with Crippen molar-refractivity contribution >= 4 is 0 Å². The third-order valence-electron chi connectivity index (χ3n) is 8.04. The van der Waals surface area contributed by atoms with Gasteiger partial charge in [-0.25, -0.2) is 0 Å². The zero-order chi connectivity index (χ0) is 24.7. The van der Waals surface area contributed by atoms with Crippen LogP contribution in [0.4, 0.5) is 0 Å². The standard InChI is InChI=1S/C32H50N4/c1-3-9-31(10-4-1)35-23-7-21-33-25-27-13-17-29(18-14-27)30-19-15-28(16-20-30)26-34-22-8-24-36-32-11-5-2-6-12-32/h13-20,31-36H,1-12,21-26H2. The Bertz CT molecular complexity index is 749. The van der Waals surface area contributed by atoms with Crippen LogP contribution in [-0.2, 0) is 13.1 Å². The van der Waals surface area contributed by atoms with Crippen molar-refractivity contribution < 1.29 is 0 Å². The van der Waals surface area contributed by atoms with Crippen LogP contribution < -0.4 is 21.3 Å². The molecular formula is C32H50N4. The molecule has 2 saturated carbocycles. The summed E-state index contributed by atoms with van der Waals surface area (Å²) in [4.78, 5) is 0. The van der Waals surface area contributed by atoms with Gasteiger partial charge in [-0.3, -0.25) is 0 Å². The molecular weight excluding hydrogens is 440 g/mol. The third-order valence-corrected chi connectivity index (χ3v) is 8.04. The summed E-state index contributed by atoms with van der Waals surface area (Å²) in [6.07, 6.45) is 16.4. The molecule has 4 heteroatoms. The third kappa shape index (κ3) is 9.97. The van der Waals surface area contributed by atoms with E-state index in [2.05, 4.69) is 69.8 Å². The summed E-state index contributed by atoms with van der Waals surface area (Å²) in [6, 6.07) is 19.6. The van der Waals surface area contributed by atoms with Crippen molar-refractivity contribution in [2.45, 2.75) is 102 Å². The van der Waals surface area contributed by atoms with E-state index in [0.29, 0.717) is 0 Å².